The number of ether oxygens (including phenoxy) is 1. The van der Waals surface area contributed by atoms with Gasteiger partial charge in [-0.15, -0.1) is 0 Å². The molecule has 3 amide bonds. The summed E-state index contributed by atoms with van der Waals surface area (Å²) >= 11 is 0. The van der Waals surface area contributed by atoms with Gasteiger partial charge in [-0.05, 0) is 47.1 Å². The van der Waals surface area contributed by atoms with E-state index in [-0.39, 0.29) is 24.3 Å². The van der Waals surface area contributed by atoms with Crippen LogP contribution < -0.4 is 10.7 Å². The van der Waals surface area contributed by atoms with Crippen LogP contribution in [0.5, 0.6) is 0 Å². The summed E-state index contributed by atoms with van der Waals surface area (Å²) in [4.78, 5) is 50.0. The van der Waals surface area contributed by atoms with Crippen molar-refractivity contribution in [3.05, 3.63) is 64.7 Å². The number of esters is 1. The topological polar surface area (TPSA) is 105 Å². The summed E-state index contributed by atoms with van der Waals surface area (Å²) in [5.74, 6) is -2.66. The fourth-order valence-electron chi connectivity index (χ4n) is 4.12. The molecule has 0 bridgehead atoms. The molecule has 8 heteroatoms. The number of hydrogen-bond acceptors (Lipinski definition) is 5. The number of nitrogens with one attached hydrogen (secondary N) is 2. The predicted molar refractivity (Wildman–Crippen MR) is 137 cm³/mol. The van der Waals surface area contributed by atoms with E-state index in [1.165, 1.54) is 0 Å². The molecule has 1 heterocycles. The maximum atomic E-state index is 12.6. The van der Waals surface area contributed by atoms with Crippen LogP contribution in [0.4, 0.5) is 5.69 Å². The molecule has 2 N–H and O–H groups in total. The summed E-state index contributed by atoms with van der Waals surface area (Å²) < 4.78 is 5.20. The number of para-hydroxylation sites is 1. The van der Waals surface area contributed by atoms with Gasteiger partial charge >= 0.3 is 5.97 Å². The van der Waals surface area contributed by atoms with Crippen LogP contribution in [-0.2, 0) is 37.4 Å². The molecule has 8 nitrogen and oxygen atoms in total. The molecule has 1 aliphatic rings. The number of hydrazine groups is 1. The summed E-state index contributed by atoms with van der Waals surface area (Å²) in [5.41, 5.74) is 6.81. The van der Waals surface area contributed by atoms with Crippen LogP contribution in [0.3, 0.4) is 0 Å². The summed E-state index contributed by atoms with van der Waals surface area (Å²) in [6, 6.07) is 13.0. The number of amides is 3. The number of aryl methyl sites for hydroxylation is 2. The second-order valence-electron chi connectivity index (χ2n) is 9.99. The van der Waals surface area contributed by atoms with E-state index in [2.05, 4.69) is 31.5 Å². The minimum absolute atomic E-state index is 0.0102. The molecule has 0 unspecified atom stereocenters. The minimum Gasteiger partial charge on any atom is -0.455 e. The van der Waals surface area contributed by atoms with Gasteiger partial charge in [-0.25, -0.2) is 0 Å². The lowest BCUT2D eigenvalue weighted by Crippen LogP contribution is -2.43. The van der Waals surface area contributed by atoms with Crippen molar-refractivity contribution in [2.45, 2.75) is 59.3 Å². The van der Waals surface area contributed by atoms with Crippen LogP contribution in [0.2, 0.25) is 0 Å². The van der Waals surface area contributed by atoms with E-state index in [9.17, 15) is 19.2 Å². The maximum absolute atomic E-state index is 12.6. The van der Waals surface area contributed by atoms with E-state index >= 15 is 0 Å². The summed E-state index contributed by atoms with van der Waals surface area (Å²) in [7, 11) is 0. The Balaban J connectivity index is 1.52. The highest BCUT2D eigenvalue weighted by molar-refractivity contribution is 5.97. The summed E-state index contributed by atoms with van der Waals surface area (Å²) in [5, 5.41) is 3.99. The number of anilines is 1. The molecular formula is C28H35N3O5. The quantitative estimate of drug-likeness (QED) is 0.545. The van der Waals surface area contributed by atoms with E-state index in [0.717, 1.165) is 40.2 Å². The Bertz CT molecular complexity index is 1110. The van der Waals surface area contributed by atoms with E-state index in [1.54, 1.807) is 12.1 Å². The molecule has 1 atom stereocenters. The van der Waals surface area contributed by atoms with Gasteiger partial charge < -0.3 is 10.1 Å². The van der Waals surface area contributed by atoms with Crippen LogP contribution in [-0.4, -0.2) is 41.9 Å². The van der Waals surface area contributed by atoms with Crippen LogP contribution in [0, 0.1) is 5.92 Å². The second-order valence-corrected chi connectivity index (χ2v) is 9.99. The van der Waals surface area contributed by atoms with Crippen molar-refractivity contribution in [1.29, 1.82) is 0 Å². The van der Waals surface area contributed by atoms with Crippen molar-refractivity contribution in [2.24, 2.45) is 5.92 Å². The van der Waals surface area contributed by atoms with Gasteiger partial charge in [0.25, 0.3) is 11.8 Å². The first kappa shape index (κ1) is 26.9. The molecule has 3 rings (SSSR count). The zero-order chi connectivity index (χ0) is 26.5. The Kier molecular flexibility index (Phi) is 8.50. The molecule has 0 aliphatic carbocycles. The first-order valence-corrected chi connectivity index (χ1v) is 12.3. The molecule has 1 saturated heterocycles. The lowest BCUT2D eigenvalue weighted by atomic mass is 9.87. The zero-order valence-corrected chi connectivity index (χ0v) is 21.6. The predicted octanol–water partition coefficient (Wildman–Crippen LogP) is 3.78. The molecule has 0 spiro atoms. The van der Waals surface area contributed by atoms with Gasteiger partial charge in [-0.1, -0.05) is 65.0 Å². The van der Waals surface area contributed by atoms with Gasteiger partial charge in [-0.3, -0.25) is 29.6 Å². The molecular weight excluding hydrogens is 458 g/mol. The Labute approximate surface area is 212 Å². The van der Waals surface area contributed by atoms with Gasteiger partial charge in [0.2, 0.25) is 5.91 Å². The van der Waals surface area contributed by atoms with Gasteiger partial charge in [0.15, 0.2) is 6.61 Å². The van der Waals surface area contributed by atoms with E-state index in [4.69, 9.17) is 4.74 Å². The lowest BCUT2D eigenvalue weighted by Gasteiger charge is -2.20. The molecule has 2 aromatic carbocycles. The fourth-order valence-corrected chi connectivity index (χ4v) is 4.12. The molecule has 192 valence electrons. The third-order valence-electron chi connectivity index (χ3n) is 6.32. The Morgan fingerprint density at radius 3 is 2.17 bits per heavy atom. The van der Waals surface area contributed by atoms with Crippen LogP contribution >= 0.6 is 0 Å². The second kappa shape index (κ2) is 11.4. The molecule has 36 heavy (non-hydrogen) atoms. The third-order valence-corrected chi connectivity index (χ3v) is 6.32. The number of benzene rings is 2. The molecule has 1 fully saturated rings. The van der Waals surface area contributed by atoms with Crippen LogP contribution in [0.1, 0.15) is 68.1 Å². The first-order valence-electron chi connectivity index (χ1n) is 12.3. The number of carbonyl (C=O) groups excluding carboxylic acids is 4. The van der Waals surface area contributed by atoms with Crippen molar-refractivity contribution < 1.29 is 23.9 Å². The fraction of sp³-hybridized carbons (Fsp3) is 0.429. The third kappa shape index (κ3) is 6.50. The van der Waals surface area contributed by atoms with Crippen LogP contribution in [0.15, 0.2) is 42.5 Å². The Morgan fingerprint density at radius 2 is 1.61 bits per heavy atom. The molecule has 0 saturated carbocycles. The highest BCUT2D eigenvalue weighted by Gasteiger charge is 2.36. The smallest absolute Gasteiger partial charge is 0.311 e. The van der Waals surface area contributed by atoms with Crippen molar-refractivity contribution in [2.75, 3.05) is 18.5 Å². The number of rotatable bonds is 8. The molecule has 2 aromatic rings. The number of nitrogens with zero attached hydrogens (tertiary/aromatic N) is 1. The standard InChI is InChI=1S/C28H35N3O5/c1-6-18-9-8-10-19(7-2)25(18)29-23(32)17-36-27(35)21-15-24(33)31(16-21)30-26(34)20-11-13-22(14-12-20)28(3,4)5/h8-14,21H,6-7,15-17H2,1-5H3,(H,29,32)(H,30,34)/t21-/m1/s1. The normalized spacial score (nSPS) is 15.5. The first-order chi connectivity index (χ1) is 17.0. The van der Waals surface area contributed by atoms with E-state index in [0.29, 0.717) is 5.56 Å². The number of carbonyl (C=O) groups is 4. The van der Waals surface area contributed by atoms with Gasteiger partial charge in [0, 0.05) is 17.7 Å². The molecule has 0 radical (unpaired) electrons. The van der Waals surface area contributed by atoms with Gasteiger partial charge in [-0.2, -0.15) is 0 Å². The number of hydrogen-bond donors (Lipinski definition) is 2. The highest BCUT2D eigenvalue weighted by atomic mass is 16.5. The SMILES string of the molecule is CCc1cccc(CC)c1NC(=O)COC(=O)[C@@H]1CC(=O)N(NC(=O)c2ccc(C(C)(C)C)cc2)C1. The van der Waals surface area contributed by atoms with Crippen LogP contribution in [0.25, 0.3) is 0 Å². The monoisotopic (exact) mass is 493 g/mol. The van der Waals surface area contributed by atoms with Crippen molar-refractivity contribution in [3.8, 4) is 0 Å². The van der Waals surface area contributed by atoms with Gasteiger partial charge in [0.05, 0.1) is 12.5 Å². The maximum Gasteiger partial charge on any atom is 0.311 e. The average molecular weight is 494 g/mol. The van der Waals surface area contributed by atoms with Crippen molar-refractivity contribution >= 4 is 29.4 Å². The highest BCUT2D eigenvalue weighted by Crippen LogP contribution is 2.24. The summed E-state index contributed by atoms with van der Waals surface area (Å²) in [6.45, 7) is 9.81. The molecule has 1 aliphatic heterocycles. The molecule has 0 aromatic heterocycles. The lowest BCUT2D eigenvalue weighted by molar-refractivity contribution is -0.151. The zero-order valence-electron chi connectivity index (χ0n) is 21.6. The van der Waals surface area contributed by atoms with E-state index in [1.807, 2.05) is 44.2 Å². The van der Waals surface area contributed by atoms with Crippen molar-refractivity contribution in [3.63, 3.8) is 0 Å². The summed E-state index contributed by atoms with van der Waals surface area (Å²) in [6.07, 6.45) is 1.42. The minimum atomic E-state index is -0.761. The average Bonchev–Trinajstić information content (AvgIpc) is 3.22. The van der Waals surface area contributed by atoms with Crippen molar-refractivity contribution in [1.82, 2.24) is 10.4 Å². The largest absolute Gasteiger partial charge is 0.455 e. The Morgan fingerprint density at radius 1 is 1.00 bits per heavy atom. The van der Waals surface area contributed by atoms with E-state index < -0.39 is 30.3 Å². The Hall–Kier alpha value is -3.68. The van der Waals surface area contributed by atoms with Gasteiger partial charge in [0.1, 0.15) is 0 Å².